The molecule has 1 N–H and O–H groups in total. The number of carbonyl (C=O) groups excluding carboxylic acids is 1. The van der Waals surface area contributed by atoms with Crippen molar-refractivity contribution in [1.82, 2.24) is 19.3 Å². The van der Waals surface area contributed by atoms with Crippen LogP contribution in [-0.2, 0) is 0 Å². The molecule has 0 aliphatic rings. The number of methoxy groups -OCH3 is 2. The van der Waals surface area contributed by atoms with Crippen LogP contribution in [0.4, 0.5) is 11.5 Å². The van der Waals surface area contributed by atoms with Crippen LogP contribution in [0.15, 0.2) is 61.1 Å². The number of fused-ring (bicyclic) bond motifs is 1. The number of benzene rings is 2. The fourth-order valence-corrected chi connectivity index (χ4v) is 3.28. The third-order valence-electron chi connectivity index (χ3n) is 4.83. The molecule has 0 fully saturated rings. The Labute approximate surface area is 180 Å². The van der Waals surface area contributed by atoms with Gasteiger partial charge in [0.1, 0.15) is 0 Å². The summed E-state index contributed by atoms with van der Waals surface area (Å²) in [6.45, 7) is 0. The Morgan fingerprint density at radius 1 is 1.06 bits per heavy atom. The molecule has 0 atom stereocenters. The molecule has 0 radical (unpaired) electrons. The minimum atomic E-state index is -0.0609. The van der Waals surface area contributed by atoms with Crippen molar-refractivity contribution in [3.8, 4) is 22.8 Å². The summed E-state index contributed by atoms with van der Waals surface area (Å²) in [4.78, 5) is 23.1. The van der Waals surface area contributed by atoms with E-state index in [-0.39, 0.29) is 5.91 Å². The fourth-order valence-electron chi connectivity index (χ4n) is 3.28. The molecule has 0 aliphatic carbocycles. The van der Waals surface area contributed by atoms with Gasteiger partial charge in [-0.15, -0.1) is 0 Å². The lowest BCUT2D eigenvalue weighted by molar-refractivity contribution is 0.0827. The third kappa shape index (κ3) is 4.00. The van der Waals surface area contributed by atoms with Gasteiger partial charge in [0.25, 0.3) is 5.91 Å². The molecule has 2 heterocycles. The second-order valence-corrected chi connectivity index (χ2v) is 7.11. The van der Waals surface area contributed by atoms with E-state index < -0.39 is 0 Å². The molecule has 0 saturated heterocycles. The molecule has 0 spiro atoms. The van der Waals surface area contributed by atoms with E-state index >= 15 is 0 Å². The first-order valence-electron chi connectivity index (χ1n) is 9.65. The highest BCUT2D eigenvalue weighted by Gasteiger charge is 2.13. The predicted octanol–water partition coefficient (Wildman–Crippen LogP) is 3.86. The van der Waals surface area contributed by atoms with Gasteiger partial charge >= 0.3 is 0 Å². The van der Waals surface area contributed by atoms with Crippen molar-refractivity contribution >= 4 is 23.1 Å². The number of imidazole rings is 1. The summed E-state index contributed by atoms with van der Waals surface area (Å²) in [5, 5.41) is 3.32. The van der Waals surface area contributed by atoms with Gasteiger partial charge in [0.05, 0.1) is 19.9 Å². The van der Waals surface area contributed by atoms with E-state index in [0.29, 0.717) is 34.2 Å². The van der Waals surface area contributed by atoms with Gasteiger partial charge in [0.15, 0.2) is 23.0 Å². The SMILES string of the molecule is COc1ccc(Nc2nc(-c3cccc(C(=O)N(C)C)c3)cn3ccnc23)cc1OC. The minimum absolute atomic E-state index is 0.0609. The van der Waals surface area contributed by atoms with Crippen molar-refractivity contribution in [1.29, 1.82) is 0 Å². The summed E-state index contributed by atoms with van der Waals surface area (Å²) >= 11 is 0. The second-order valence-electron chi connectivity index (χ2n) is 7.11. The van der Waals surface area contributed by atoms with Crippen LogP contribution >= 0.6 is 0 Å². The van der Waals surface area contributed by atoms with Gasteiger partial charge in [-0.25, -0.2) is 9.97 Å². The van der Waals surface area contributed by atoms with Crippen LogP contribution in [0.2, 0.25) is 0 Å². The van der Waals surface area contributed by atoms with E-state index in [9.17, 15) is 4.79 Å². The molecule has 158 valence electrons. The number of anilines is 2. The number of rotatable bonds is 6. The molecule has 1 amide bonds. The number of aromatic nitrogens is 3. The van der Waals surface area contributed by atoms with Crippen molar-refractivity contribution in [2.45, 2.75) is 0 Å². The lowest BCUT2D eigenvalue weighted by Gasteiger charge is -2.13. The van der Waals surface area contributed by atoms with Crippen molar-refractivity contribution in [3.63, 3.8) is 0 Å². The highest BCUT2D eigenvalue weighted by Crippen LogP contribution is 2.32. The Morgan fingerprint density at radius 3 is 2.61 bits per heavy atom. The van der Waals surface area contributed by atoms with Crippen molar-refractivity contribution in [3.05, 3.63) is 66.6 Å². The van der Waals surface area contributed by atoms with Gasteiger partial charge in [0, 0.05) is 55.6 Å². The average Bonchev–Trinajstić information content (AvgIpc) is 3.27. The number of hydrogen-bond acceptors (Lipinski definition) is 6. The Morgan fingerprint density at radius 2 is 1.87 bits per heavy atom. The van der Waals surface area contributed by atoms with Crippen LogP contribution in [0.5, 0.6) is 11.5 Å². The Balaban J connectivity index is 1.76. The van der Waals surface area contributed by atoms with E-state index in [1.165, 1.54) is 0 Å². The number of amides is 1. The van der Waals surface area contributed by atoms with E-state index in [1.54, 1.807) is 45.5 Å². The van der Waals surface area contributed by atoms with E-state index in [2.05, 4.69) is 10.3 Å². The molecule has 0 unspecified atom stereocenters. The van der Waals surface area contributed by atoms with Crippen molar-refractivity contribution < 1.29 is 14.3 Å². The summed E-state index contributed by atoms with van der Waals surface area (Å²) in [5.74, 6) is 1.77. The minimum Gasteiger partial charge on any atom is -0.493 e. The zero-order chi connectivity index (χ0) is 22.0. The summed E-state index contributed by atoms with van der Waals surface area (Å²) < 4.78 is 12.6. The highest BCUT2D eigenvalue weighted by molar-refractivity contribution is 5.95. The van der Waals surface area contributed by atoms with Gasteiger partial charge in [-0.3, -0.25) is 4.79 Å². The van der Waals surface area contributed by atoms with Gasteiger partial charge in [-0.1, -0.05) is 12.1 Å². The molecule has 0 aliphatic heterocycles. The second kappa shape index (κ2) is 8.35. The van der Waals surface area contributed by atoms with Gasteiger partial charge in [-0.05, 0) is 24.3 Å². The van der Waals surface area contributed by atoms with Crippen LogP contribution < -0.4 is 14.8 Å². The normalized spacial score (nSPS) is 10.7. The smallest absolute Gasteiger partial charge is 0.253 e. The molecule has 4 aromatic rings. The summed E-state index contributed by atoms with van der Waals surface area (Å²) in [6, 6.07) is 13.0. The van der Waals surface area contributed by atoms with E-state index in [4.69, 9.17) is 14.5 Å². The molecule has 0 bridgehead atoms. The van der Waals surface area contributed by atoms with Crippen LogP contribution in [0.3, 0.4) is 0 Å². The molecule has 2 aromatic heterocycles. The average molecular weight is 417 g/mol. The lowest BCUT2D eigenvalue weighted by atomic mass is 10.1. The number of hydrogen-bond donors (Lipinski definition) is 1. The molecule has 8 nitrogen and oxygen atoms in total. The monoisotopic (exact) mass is 417 g/mol. The summed E-state index contributed by atoms with van der Waals surface area (Å²) in [6.07, 6.45) is 5.46. The maximum Gasteiger partial charge on any atom is 0.253 e. The number of carbonyl (C=O) groups is 1. The van der Waals surface area contributed by atoms with Crippen LogP contribution in [0.25, 0.3) is 16.9 Å². The van der Waals surface area contributed by atoms with Gasteiger partial charge in [0.2, 0.25) is 0 Å². The quantitative estimate of drug-likeness (QED) is 0.513. The molecule has 0 saturated carbocycles. The number of ether oxygens (including phenoxy) is 2. The zero-order valence-electron chi connectivity index (χ0n) is 17.8. The molecule has 2 aromatic carbocycles. The molecule has 31 heavy (non-hydrogen) atoms. The Hall–Kier alpha value is -4.07. The maximum atomic E-state index is 12.4. The van der Waals surface area contributed by atoms with Gasteiger partial charge in [-0.2, -0.15) is 0 Å². The van der Waals surface area contributed by atoms with Crippen LogP contribution in [-0.4, -0.2) is 53.5 Å². The zero-order valence-corrected chi connectivity index (χ0v) is 17.8. The Kier molecular flexibility index (Phi) is 5.44. The fraction of sp³-hybridized carbons (Fsp3) is 0.174. The predicted molar refractivity (Wildman–Crippen MR) is 119 cm³/mol. The largest absolute Gasteiger partial charge is 0.493 e. The van der Waals surface area contributed by atoms with E-state index in [1.807, 2.05) is 53.2 Å². The summed E-state index contributed by atoms with van der Waals surface area (Å²) in [7, 11) is 6.65. The Bertz CT molecular complexity index is 1250. The van der Waals surface area contributed by atoms with Gasteiger partial charge < -0.3 is 24.1 Å². The topological polar surface area (TPSA) is 81.0 Å². The first-order chi connectivity index (χ1) is 15.0. The molecular formula is C23H23N5O3. The van der Waals surface area contributed by atoms with Crippen LogP contribution in [0.1, 0.15) is 10.4 Å². The standard InChI is InChI=1S/C23H23N5O3/c1-27(2)23(29)16-7-5-6-15(12-16)18-14-28-11-10-24-22(28)21(26-18)25-17-8-9-19(30-3)20(13-17)31-4/h5-14H,1-4H3,(H,25,26). The molecule has 4 rings (SSSR count). The molecular weight excluding hydrogens is 394 g/mol. The van der Waals surface area contributed by atoms with Crippen LogP contribution in [0, 0.1) is 0 Å². The lowest BCUT2D eigenvalue weighted by Crippen LogP contribution is -2.21. The molecule has 8 heteroatoms. The number of nitrogens with one attached hydrogen (secondary N) is 1. The maximum absolute atomic E-state index is 12.4. The van der Waals surface area contributed by atoms with Crippen molar-refractivity contribution in [2.75, 3.05) is 33.6 Å². The summed E-state index contributed by atoms with van der Waals surface area (Å²) in [5.41, 5.74) is 3.60. The number of nitrogens with zero attached hydrogens (tertiary/aromatic N) is 4. The first-order valence-corrected chi connectivity index (χ1v) is 9.65. The van der Waals surface area contributed by atoms with Crippen molar-refractivity contribution in [2.24, 2.45) is 0 Å². The highest BCUT2D eigenvalue weighted by atomic mass is 16.5. The first kappa shape index (κ1) is 20.2. The van der Waals surface area contributed by atoms with E-state index in [0.717, 1.165) is 11.3 Å². The third-order valence-corrected chi connectivity index (χ3v) is 4.83.